The number of unbranched alkanes of at least 4 members (excludes halogenated alkanes) is 2. The number of halogens is 2. The van der Waals surface area contributed by atoms with Crippen LogP contribution in [0.4, 0.5) is 0 Å². The van der Waals surface area contributed by atoms with Gasteiger partial charge in [-0.3, -0.25) is 19.2 Å². The lowest BCUT2D eigenvalue weighted by Crippen LogP contribution is -2.59. The van der Waals surface area contributed by atoms with Crippen molar-refractivity contribution in [1.29, 1.82) is 0 Å². The lowest BCUT2D eigenvalue weighted by molar-refractivity contribution is -0.146. The molecule has 0 aromatic heterocycles. The Balaban J connectivity index is 1.52. The molecule has 2 aromatic rings. The fourth-order valence-corrected chi connectivity index (χ4v) is 7.27. The van der Waals surface area contributed by atoms with Crippen molar-refractivity contribution in [2.75, 3.05) is 39.3 Å². The molecule has 9 nitrogen and oxygen atoms in total. The monoisotopic (exact) mass is 699 g/mol. The Bertz CT molecular complexity index is 1420. The Morgan fingerprint density at radius 3 is 2.27 bits per heavy atom. The number of carbonyl (C=O) groups excluding carboxylic acids is 4. The molecule has 4 rings (SSSR count). The van der Waals surface area contributed by atoms with Crippen molar-refractivity contribution in [3.8, 4) is 0 Å². The zero-order chi connectivity index (χ0) is 34.7. The van der Waals surface area contributed by atoms with E-state index in [0.29, 0.717) is 81.3 Å². The molecule has 2 aromatic carbocycles. The van der Waals surface area contributed by atoms with Gasteiger partial charge in [0.15, 0.2) is 0 Å². The van der Waals surface area contributed by atoms with Crippen LogP contribution in [0, 0.1) is 10.8 Å². The second-order valence-corrected chi connectivity index (χ2v) is 14.5. The number of carbonyl (C=O) groups is 4. The van der Waals surface area contributed by atoms with Crippen molar-refractivity contribution >= 4 is 46.8 Å². The minimum Gasteiger partial charge on any atom is -0.356 e. The summed E-state index contributed by atoms with van der Waals surface area (Å²) in [5, 5.41) is 6.90. The van der Waals surface area contributed by atoms with Crippen LogP contribution in [0.1, 0.15) is 76.3 Å². The van der Waals surface area contributed by atoms with E-state index in [2.05, 4.69) is 10.6 Å². The van der Waals surface area contributed by atoms with Gasteiger partial charge in [0.25, 0.3) is 0 Å². The number of piperidine rings is 2. The molecular weight excluding hydrogens is 649 g/mol. The number of hydrogen-bond donors (Lipinski definition) is 3. The van der Waals surface area contributed by atoms with E-state index >= 15 is 0 Å². The summed E-state index contributed by atoms with van der Waals surface area (Å²) in [6, 6.07) is 14.2. The summed E-state index contributed by atoms with van der Waals surface area (Å²) in [5.74, 6) is -0.403. The van der Waals surface area contributed by atoms with Gasteiger partial charge < -0.3 is 26.2 Å². The van der Waals surface area contributed by atoms with Gasteiger partial charge in [-0.1, -0.05) is 72.9 Å². The third-order valence-corrected chi connectivity index (χ3v) is 10.7. The zero-order valence-electron chi connectivity index (χ0n) is 28.4. The average molecular weight is 701 g/mol. The van der Waals surface area contributed by atoms with E-state index in [1.54, 1.807) is 17.0 Å². The predicted octanol–water partition coefficient (Wildman–Crippen LogP) is 5.16. The topological polar surface area (TPSA) is 125 Å². The van der Waals surface area contributed by atoms with Gasteiger partial charge in [-0.25, -0.2) is 0 Å². The number of likely N-dealkylation sites (tertiary alicyclic amines) is 2. The third-order valence-electron chi connectivity index (χ3n) is 9.98. The van der Waals surface area contributed by atoms with Crippen LogP contribution in [0.25, 0.3) is 0 Å². The number of benzene rings is 2. The van der Waals surface area contributed by atoms with Crippen LogP contribution in [-0.4, -0.2) is 78.7 Å². The highest BCUT2D eigenvalue weighted by Crippen LogP contribution is 2.36. The summed E-state index contributed by atoms with van der Waals surface area (Å²) in [4.78, 5) is 58.5. The Hall–Kier alpha value is -3.14. The SMILES string of the molecule is CCNC(=O)C1(Cc2ccccc2)CCCN(C(=O)C(Cc2ccc(Cl)c(Cl)c2)NC(=O)C2(C)CCN(C(=O)CCCCCN)CC2)C1. The highest BCUT2D eigenvalue weighted by atomic mass is 35.5. The van der Waals surface area contributed by atoms with Gasteiger partial charge in [-0.2, -0.15) is 0 Å². The molecular formula is C37H51Cl2N5O4. The highest BCUT2D eigenvalue weighted by molar-refractivity contribution is 6.42. The van der Waals surface area contributed by atoms with Crippen molar-refractivity contribution in [3.05, 3.63) is 69.7 Å². The lowest BCUT2D eigenvalue weighted by Gasteiger charge is -2.43. The number of nitrogens with zero attached hydrogens (tertiary/aromatic N) is 2. The minimum atomic E-state index is -0.879. The first-order valence-electron chi connectivity index (χ1n) is 17.3. The molecule has 0 spiro atoms. The first-order chi connectivity index (χ1) is 23.0. The Morgan fingerprint density at radius 1 is 0.875 bits per heavy atom. The quantitative estimate of drug-likeness (QED) is 0.235. The van der Waals surface area contributed by atoms with Crippen LogP contribution < -0.4 is 16.4 Å². The van der Waals surface area contributed by atoms with Crippen LogP contribution in [0.3, 0.4) is 0 Å². The summed E-state index contributed by atoms with van der Waals surface area (Å²) in [6.45, 7) is 6.65. The molecule has 2 aliphatic heterocycles. The van der Waals surface area contributed by atoms with Crippen LogP contribution in [0.15, 0.2) is 48.5 Å². The van der Waals surface area contributed by atoms with Gasteiger partial charge in [-0.05, 0) is 81.7 Å². The molecule has 4 N–H and O–H groups in total. The molecule has 4 amide bonds. The summed E-state index contributed by atoms with van der Waals surface area (Å²) in [5.41, 5.74) is 5.84. The molecule has 2 atom stereocenters. The van der Waals surface area contributed by atoms with E-state index < -0.39 is 16.9 Å². The van der Waals surface area contributed by atoms with E-state index in [0.717, 1.165) is 30.4 Å². The summed E-state index contributed by atoms with van der Waals surface area (Å²) in [7, 11) is 0. The smallest absolute Gasteiger partial charge is 0.245 e. The molecule has 0 saturated carbocycles. The van der Waals surface area contributed by atoms with Crippen LogP contribution in [0.2, 0.25) is 10.0 Å². The molecule has 48 heavy (non-hydrogen) atoms. The molecule has 0 bridgehead atoms. The van der Waals surface area contributed by atoms with Crippen molar-refractivity contribution in [3.63, 3.8) is 0 Å². The number of nitrogens with two attached hydrogens (primary N) is 1. The second kappa shape index (κ2) is 17.5. The van der Waals surface area contributed by atoms with E-state index in [1.807, 2.05) is 55.1 Å². The van der Waals surface area contributed by atoms with Gasteiger partial charge in [0.2, 0.25) is 23.6 Å². The molecule has 2 saturated heterocycles. The summed E-state index contributed by atoms with van der Waals surface area (Å²) in [6.07, 6.45) is 6.18. The lowest BCUT2D eigenvalue weighted by atomic mass is 9.74. The molecule has 2 fully saturated rings. The largest absolute Gasteiger partial charge is 0.356 e. The van der Waals surface area contributed by atoms with Crippen molar-refractivity contribution in [2.24, 2.45) is 16.6 Å². The first kappa shape index (κ1) is 37.7. The van der Waals surface area contributed by atoms with Crippen molar-refractivity contribution in [1.82, 2.24) is 20.4 Å². The number of amides is 4. The van der Waals surface area contributed by atoms with Gasteiger partial charge >= 0.3 is 0 Å². The van der Waals surface area contributed by atoms with Crippen LogP contribution >= 0.6 is 23.2 Å². The number of nitrogens with one attached hydrogen (secondary N) is 2. The van der Waals surface area contributed by atoms with Crippen LogP contribution in [0.5, 0.6) is 0 Å². The average Bonchev–Trinajstić information content (AvgIpc) is 3.08. The van der Waals surface area contributed by atoms with E-state index in [4.69, 9.17) is 28.9 Å². The van der Waals surface area contributed by atoms with Gasteiger partial charge in [0.1, 0.15) is 6.04 Å². The second-order valence-electron chi connectivity index (χ2n) is 13.7. The van der Waals surface area contributed by atoms with Gasteiger partial charge in [0, 0.05) is 51.0 Å². The normalized spacial score (nSPS) is 19.8. The maximum absolute atomic E-state index is 14.4. The summed E-state index contributed by atoms with van der Waals surface area (Å²) < 4.78 is 0. The standard InChI is InChI=1S/C37H51Cl2N5O4/c1-3-41-35(48)37(25-27-11-6-4-7-12-27)16-10-20-44(26-37)33(46)31(24-28-14-15-29(38)30(39)23-28)42-34(47)36(2)17-21-43(22-18-36)32(45)13-8-5-9-19-40/h4,6-7,11-12,14-15,23,31H,3,5,8-10,13,16-22,24-26,40H2,1-2H3,(H,41,48)(H,42,47). The zero-order valence-corrected chi connectivity index (χ0v) is 29.9. The minimum absolute atomic E-state index is 0.0652. The molecule has 0 aliphatic carbocycles. The van der Waals surface area contributed by atoms with Crippen molar-refractivity contribution < 1.29 is 19.2 Å². The maximum atomic E-state index is 14.4. The molecule has 2 aliphatic rings. The fourth-order valence-electron chi connectivity index (χ4n) is 6.95. The fraction of sp³-hybridized carbons (Fsp3) is 0.568. The predicted molar refractivity (Wildman–Crippen MR) is 191 cm³/mol. The van der Waals surface area contributed by atoms with Crippen LogP contribution in [-0.2, 0) is 32.0 Å². The third kappa shape index (κ3) is 9.73. The first-order valence-corrected chi connectivity index (χ1v) is 18.1. The van der Waals surface area contributed by atoms with E-state index in [1.165, 1.54) is 0 Å². The van der Waals surface area contributed by atoms with Gasteiger partial charge in [0.05, 0.1) is 15.5 Å². The number of rotatable bonds is 14. The Morgan fingerprint density at radius 2 is 1.60 bits per heavy atom. The Kier molecular flexibility index (Phi) is 13.7. The molecule has 0 radical (unpaired) electrons. The van der Waals surface area contributed by atoms with E-state index in [-0.39, 0.29) is 36.6 Å². The molecule has 11 heteroatoms. The Labute approximate surface area is 295 Å². The highest BCUT2D eigenvalue weighted by Gasteiger charge is 2.45. The molecule has 2 heterocycles. The summed E-state index contributed by atoms with van der Waals surface area (Å²) >= 11 is 12.5. The van der Waals surface area contributed by atoms with E-state index in [9.17, 15) is 19.2 Å². The van der Waals surface area contributed by atoms with Gasteiger partial charge in [-0.15, -0.1) is 0 Å². The molecule has 262 valence electrons. The maximum Gasteiger partial charge on any atom is 0.245 e. The van der Waals surface area contributed by atoms with Crippen molar-refractivity contribution in [2.45, 2.75) is 84.1 Å². The number of hydrogen-bond acceptors (Lipinski definition) is 5. The molecule has 2 unspecified atom stereocenters.